The van der Waals surface area contributed by atoms with Crippen LogP contribution in [0.2, 0.25) is 0 Å². The van der Waals surface area contributed by atoms with Gasteiger partial charge in [0.05, 0.1) is 6.04 Å². The maximum Gasteiger partial charge on any atom is 0.235 e. The summed E-state index contributed by atoms with van der Waals surface area (Å²) in [7, 11) is 0. The molecule has 1 heterocycles. The highest BCUT2D eigenvalue weighted by Crippen LogP contribution is 2.25. The Balaban J connectivity index is 1.66. The van der Waals surface area contributed by atoms with Gasteiger partial charge in [-0.2, -0.15) is 0 Å². The third-order valence-corrected chi connectivity index (χ3v) is 4.94. The zero-order chi connectivity index (χ0) is 19.9. The fourth-order valence-electron chi connectivity index (χ4n) is 3.43. The second kappa shape index (κ2) is 9.57. The van der Waals surface area contributed by atoms with Crippen LogP contribution in [0.25, 0.3) is 5.57 Å². The molecule has 1 fully saturated rings. The van der Waals surface area contributed by atoms with Crippen molar-refractivity contribution in [2.75, 3.05) is 26.2 Å². The molecule has 148 valence electrons. The van der Waals surface area contributed by atoms with E-state index in [2.05, 4.69) is 16.3 Å². The smallest absolute Gasteiger partial charge is 0.235 e. The fraction of sp³-hybridized carbons (Fsp3) is 0.318. The first-order chi connectivity index (χ1) is 13.5. The molecule has 1 aliphatic rings. The summed E-state index contributed by atoms with van der Waals surface area (Å²) in [5, 5.41) is 3.12. The van der Waals surface area contributed by atoms with Crippen molar-refractivity contribution < 1.29 is 13.6 Å². The zero-order valence-corrected chi connectivity index (χ0v) is 15.7. The minimum atomic E-state index is -0.320. The van der Waals surface area contributed by atoms with Gasteiger partial charge < -0.3 is 11.1 Å². The molecule has 1 atom stereocenters. The number of hydrogen-bond donors (Lipinski definition) is 2. The second-order valence-corrected chi connectivity index (χ2v) is 6.98. The molecule has 0 saturated carbocycles. The Kier molecular flexibility index (Phi) is 6.90. The van der Waals surface area contributed by atoms with Gasteiger partial charge in [0.25, 0.3) is 0 Å². The van der Waals surface area contributed by atoms with Gasteiger partial charge in [0.2, 0.25) is 5.91 Å². The molecule has 2 aromatic carbocycles. The Bertz CT molecular complexity index is 771. The summed E-state index contributed by atoms with van der Waals surface area (Å²) in [6, 6.07) is 12.4. The predicted molar refractivity (Wildman–Crippen MR) is 107 cm³/mol. The van der Waals surface area contributed by atoms with E-state index in [1.54, 1.807) is 24.3 Å². The summed E-state index contributed by atoms with van der Waals surface area (Å²) in [6.45, 7) is 3.13. The first-order valence-corrected chi connectivity index (χ1v) is 9.50. The van der Waals surface area contributed by atoms with Crippen molar-refractivity contribution in [3.05, 3.63) is 77.4 Å². The van der Waals surface area contributed by atoms with E-state index in [-0.39, 0.29) is 23.6 Å². The highest BCUT2D eigenvalue weighted by atomic mass is 19.1. The Labute approximate surface area is 164 Å². The number of nitrogens with one attached hydrogen (secondary N) is 1. The topological polar surface area (TPSA) is 58.4 Å². The number of unbranched alkanes of at least 4 members (excludes halogenated alkanes) is 1. The molecule has 0 spiro atoms. The molecular formula is C22H25F2N3O. The first kappa shape index (κ1) is 20.2. The van der Waals surface area contributed by atoms with Gasteiger partial charge in [-0.05, 0) is 60.4 Å². The number of rotatable bonds is 7. The SMILES string of the molecule is NC(=O)C1CN(CCCC=C(c2ccc(F)cc2)c2ccc(F)cc2)CCN1. The molecule has 3 N–H and O–H groups in total. The van der Waals surface area contributed by atoms with Gasteiger partial charge in [-0.1, -0.05) is 30.3 Å². The van der Waals surface area contributed by atoms with E-state index in [0.717, 1.165) is 49.2 Å². The number of amides is 1. The van der Waals surface area contributed by atoms with Crippen molar-refractivity contribution in [3.8, 4) is 0 Å². The van der Waals surface area contributed by atoms with Crippen LogP contribution in [-0.4, -0.2) is 43.0 Å². The predicted octanol–water partition coefficient (Wildman–Crippen LogP) is 2.94. The Morgan fingerprint density at radius 2 is 1.64 bits per heavy atom. The normalized spacial score (nSPS) is 17.3. The van der Waals surface area contributed by atoms with E-state index >= 15 is 0 Å². The summed E-state index contributed by atoms with van der Waals surface area (Å²) >= 11 is 0. The third-order valence-electron chi connectivity index (χ3n) is 4.94. The number of halogens is 2. The molecule has 0 bridgehead atoms. The van der Waals surface area contributed by atoms with Crippen LogP contribution in [0.15, 0.2) is 54.6 Å². The van der Waals surface area contributed by atoms with Crippen LogP contribution >= 0.6 is 0 Å². The quantitative estimate of drug-likeness (QED) is 0.721. The van der Waals surface area contributed by atoms with Crippen molar-refractivity contribution in [1.82, 2.24) is 10.2 Å². The summed E-state index contributed by atoms with van der Waals surface area (Å²) in [5.41, 5.74) is 8.12. The molecule has 2 aromatic rings. The van der Waals surface area contributed by atoms with Crippen molar-refractivity contribution in [1.29, 1.82) is 0 Å². The molecule has 1 amide bonds. The number of nitrogens with two attached hydrogens (primary N) is 1. The third kappa shape index (κ3) is 5.47. The number of benzene rings is 2. The lowest BCUT2D eigenvalue weighted by atomic mass is 9.96. The van der Waals surface area contributed by atoms with Crippen LogP contribution < -0.4 is 11.1 Å². The highest BCUT2D eigenvalue weighted by Gasteiger charge is 2.22. The maximum absolute atomic E-state index is 13.3. The number of hydrogen-bond acceptors (Lipinski definition) is 3. The molecule has 0 radical (unpaired) electrons. The molecule has 4 nitrogen and oxygen atoms in total. The summed E-state index contributed by atoms with van der Waals surface area (Å²) in [6.07, 6.45) is 3.83. The van der Waals surface area contributed by atoms with Crippen molar-refractivity contribution in [2.45, 2.75) is 18.9 Å². The number of nitrogens with zero attached hydrogens (tertiary/aromatic N) is 1. The molecule has 3 rings (SSSR count). The van der Waals surface area contributed by atoms with Crippen LogP contribution in [0.5, 0.6) is 0 Å². The van der Waals surface area contributed by atoms with Gasteiger partial charge in [-0.3, -0.25) is 9.69 Å². The van der Waals surface area contributed by atoms with E-state index in [1.165, 1.54) is 24.3 Å². The Hall–Kier alpha value is -2.57. The van der Waals surface area contributed by atoms with Gasteiger partial charge in [0.15, 0.2) is 0 Å². The van der Waals surface area contributed by atoms with Crippen LogP contribution in [0.1, 0.15) is 24.0 Å². The van der Waals surface area contributed by atoms with E-state index in [9.17, 15) is 13.6 Å². The molecule has 6 heteroatoms. The lowest BCUT2D eigenvalue weighted by Gasteiger charge is -2.31. The van der Waals surface area contributed by atoms with Crippen LogP contribution in [0, 0.1) is 11.6 Å². The van der Waals surface area contributed by atoms with Crippen molar-refractivity contribution >= 4 is 11.5 Å². The van der Waals surface area contributed by atoms with Crippen molar-refractivity contribution in [2.24, 2.45) is 5.73 Å². The van der Waals surface area contributed by atoms with Gasteiger partial charge in [-0.15, -0.1) is 0 Å². The summed E-state index contributed by atoms with van der Waals surface area (Å²) in [5.74, 6) is -0.894. The molecule has 1 unspecified atom stereocenters. The number of piperazine rings is 1. The lowest BCUT2D eigenvalue weighted by molar-refractivity contribution is -0.121. The minimum absolute atomic E-state index is 0.287. The van der Waals surface area contributed by atoms with Gasteiger partial charge >= 0.3 is 0 Å². The minimum Gasteiger partial charge on any atom is -0.368 e. The molecule has 28 heavy (non-hydrogen) atoms. The molecule has 1 saturated heterocycles. The molecule has 1 aliphatic heterocycles. The van der Waals surface area contributed by atoms with E-state index < -0.39 is 0 Å². The van der Waals surface area contributed by atoms with Gasteiger partial charge in [0, 0.05) is 19.6 Å². The van der Waals surface area contributed by atoms with Gasteiger partial charge in [-0.25, -0.2) is 8.78 Å². The Morgan fingerprint density at radius 1 is 1.07 bits per heavy atom. The van der Waals surface area contributed by atoms with Gasteiger partial charge in [0.1, 0.15) is 11.6 Å². The number of primary amides is 1. The van der Waals surface area contributed by atoms with Crippen LogP contribution in [-0.2, 0) is 4.79 Å². The van der Waals surface area contributed by atoms with Crippen molar-refractivity contribution in [3.63, 3.8) is 0 Å². The molecular weight excluding hydrogens is 360 g/mol. The lowest BCUT2D eigenvalue weighted by Crippen LogP contribution is -2.56. The summed E-state index contributed by atoms with van der Waals surface area (Å²) in [4.78, 5) is 13.6. The van der Waals surface area contributed by atoms with Crippen LogP contribution in [0.4, 0.5) is 8.78 Å². The maximum atomic E-state index is 13.3. The number of allylic oxidation sites excluding steroid dienone is 1. The largest absolute Gasteiger partial charge is 0.368 e. The number of carbonyl (C=O) groups excluding carboxylic acids is 1. The van der Waals surface area contributed by atoms with E-state index in [4.69, 9.17) is 5.73 Å². The first-order valence-electron chi connectivity index (χ1n) is 9.50. The zero-order valence-electron chi connectivity index (χ0n) is 15.7. The van der Waals surface area contributed by atoms with Crippen LogP contribution in [0.3, 0.4) is 0 Å². The van der Waals surface area contributed by atoms with E-state index in [0.29, 0.717) is 6.54 Å². The highest BCUT2D eigenvalue weighted by molar-refractivity contribution is 5.80. The molecule has 0 aliphatic carbocycles. The summed E-state index contributed by atoms with van der Waals surface area (Å²) < 4.78 is 26.6. The monoisotopic (exact) mass is 385 g/mol. The average molecular weight is 385 g/mol. The molecule has 0 aromatic heterocycles. The van der Waals surface area contributed by atoms with E-state index in [1.807, 2.05) is 0 Å². The standard InChI is InChI=1S/C22H25F2N3O/c23-18-8-4-16(5-9-18)20(17-6-10-19(24)11-7-17)3-1-2-13-27-14-12-26-21(15-27)22(25)28/h3-11,21,26H,1-2,12-15H2,(H2,25,28). The number of carbonyl (C=O) groups is 1. The average Bonchev–Trinajstić information content (AvgIpc) is 2.70. The second-order valence-electron chi connectivity index (χ2n) is 6.98. The fourth-order valence-corrected chi connectivity index (χ4v) is 3.43. The Morgan fingerprint density at radius 3 is 2.18 bits per heavy atom.